The zero-order valence-electron chi connectivity index (χ0n) is 8.53. The van der Waals surface area contributed by atoms with Crippen LogP contribution in [0.4, 0.5) is 0 Å². The Morgan fingerprint density at radius 1 is 1.50 bits per heavy atom. The van der Waals surface area contributed by atoms with Crippen LogP contribution >= 0.6 is 0 Å². The van der Waals surface area contributed by atoms with E-state index in [0.717, 1.165) is 6.42 Å². The van der Waals surface area contributed by atoms with Crippen LogP contribution in [0.1, 0.15) is 47.0 Å². The summed E-state index contributed by atoms with van der Waals surface area (Å²) in [5.41, 5.74) is 3.16. The molecule has 1 nitrogen and oxygen atoms in total. The molecule has 0 saturated carbocycles. The van der Waals surface area contributed by atoms with Crippen molar-refractivity contribution in [1.82, 2.24) is 0 Å². The molecule has 0 heterocycles. The average molecular weight is 166 g/mol. The standard InChI is InChI=1S/C11H18O/c1-8(12)7-10-5-6-11(3,4)9(10)2/h5-7H2,1-4H3. The minimum absolute atomic E-state index is 0.294. The van der Waals surface area contributed by atoms with Crippen LogP contribution in [0.15, 0.2) is 11.1 Å². The van der Waals surface area contributed by atoms with Crippen molar-refractivity contribution < 1.29 is 4.79 Å². The van der Waals surface area contributed by atoms with Gasteiger partial charge in [-0.2, -0.15) is 0 Å². The highest BCUT2D eigenvalue weighted by Crippen LogP contribution is 2.42. The molecule has 1 rings (SSSR count). The van der Waals surface area contributed by atoms with Crippen molar-refractivity contribution >= 4 is 5.78 Å². The molecule has 1 heteroatoms. The Morgan fingerprint density at radius 3 is 2.42 bits per heavy atom. The molecule has 0 aliphatic heterocycles. The van der Waals surface area contributed by atoms with Gasteiger partial charge < -0.3 is 0 Å². The summed E-state index contributed by atoms with van der Waals surface area (Å²) < 4.78 is 0. The molecule has 0 aromatic rings. The lowest BCUT2D eigenvalue weighted by molar-refractivity contribution is -0.116. The summed E-state index contributed by atoms with van der Waals surface area (Å²) in [5, 5.41) is 0. The van der Waals surface area contributed by atoms with Crippen molar-refractivity contribution in [3.63, 3.8) is 0 Å². The molecule has 0 saturated heterocycles. The van der Waals surface area contributed by atoms with Gasteiger partial charge in [0.2, 0.25) is 0 Å². The van der Waals surface area contributed by atoms with Crippen LogP contribution in [-0.4, -0.2) is 5.78 Å². The molecule has 1 aliphatic carbocycles. The smallest absolute Gasteiger partial charge is 0.133 e. The van der Waals surface area contributed by atoms with Crippen LogP contribution in [0.25, 0.3) is 0 Å². The van der Waals surface area contributed by atoms with Gasteiger partial charge in [0.1, 0.15) is 5.78 Å². The average Bonchev–Trinajstić information content (AvgIpc) is 2.15. The number of carbonyl (C=O) groups is 1. The Balaban J connectivity index is 2.78. The minimum Gasteiger partial charge on any atom is -0.300 e. The number of carbonyl (C=O) groups excluding carboxylic acids is 1. The fraction of sp³-hybridized carbons (Fsp3) is 0.727. The van der Waals surface area contributed by atoms with Gasteiger partial charge in [0.15, 0.2) is 0 Å². The van der Waals surface area contributed by atoms with E-state index < -0.39 is 0 Å². The number of ketones is 1. The van der Waals surface area contributed by atoms with Crippen molar-refractivity contribution in [2.24, 2.45) is 5.41 Å². The van der Waals surface area contributed by atoms with Crippen LogP contribution in [0, 0.1) is 5.41 Å². The zero-order chi connectivity index (χ0) is 9.35. The van der Waals surface area contributed by atoms with Crippen LogP contribution in [0.3, 0.4) is 0 Å². The molecule has 0 amide bonds. The van der Waals surface area contributed by atoms with Crippen molar-refractivity contribution in [2.45, 2.75) is 47.0 Å². The Morgan fingerprint density at radius 2 is 2.08 bits per heavy atom. The van der Waals surface area contributed by atoms with E-state index in [-0.39, 0.29) is 0 Å². The summed E-state index contributed by atoms with van der Waals surface area (Å²) in [7, 11) is 0. The molecule has 0 spiro atoms. The van der Waals surface area contributed by atoms with Crippen molar-refractivity contribution in [3.8, 4) is 0 Å². The normalized spacial score (nSPS) is 21.7. The lowest BCUT2D eigenvalue weighted by Crippen LogP contribution is -2.07. The van der Waals surface area contributed by atoms with E-state index in [9.17, 15) is 4.79 Å². The summed E-state index contributed by atoms with van der Waals surface area (Å²) in [6, 6.07) is 0. The molecule has 0 N–H and O–H groups in total. The lowest BCUT2D eigenvalue weighted by atomic mass is 9.86. The van der Waals surface area contributed by atoms with Gasteiger partial charge in [-0.15, -0.1) is 0 Å². The maximum Gasteiger partial charge on any atom is 0.133 e. The third kappa shape index (κ3) is 1.77. The number of Topliss-reactive ketones (excluding diaryl/α,β-unsaturated/α-hetero) is 1. The van der Waals surface area contributed by atoms with Crippen LogP contribution in [0.2, 0.25) is 0 Å². The van der Waals surface area contributed by atoms with E-state index in [0.29, 0.717) is 17.6 Å². The number of hydrogen-bond acceptors (Lipinski definition) is 1. The number of rotatable bonds is 2. The second-order valence-corrected chi connectivity index (χ2v) is 4.49. The molecular formula is C11H18O. The van der Waals surface area contributed by atoms with E-state index in [2.05, 4.69) is 20.8 Å². The van der Waals surface area contributed by atoms with Crippen LogP contribution in [0.5, 0.6) is 0 Å². The number of hydrogen-bond donors (Lipinski definition) is 0. The Hall–Kier alpha value is -0.590. The monoisotopic (exact) mass is 166 g/mol. The molecule has 12 heavy (non-hydrogen) atoms. The zero-order valence-corrected chi connectivity index (χ0v) is 8.53. The van der Waals surface area contributed by atoms with Gasteiger partial charge in [0.05, 0.1) is 0 Å². The van der Waals surface area contributed by atoms with Gasteiger partial charge in [0.25, 0.3) is 0 Å². The first-order valence-electron chi connectivity index (χ1n) is 4.62. The molecule has 0 aromatic carbocycles. The van der Waals surface area contributed by atoms with Gasteiger partial charge in [-0.05, 0) is 32.1 Å². The van der Waals surface area contributed by atoms with E-state index >= 15 is 0 Å². The molecule has 0 unspecified atom stereocenters. The fourth-order valence-corrected chi connectivity index (χ4v) is 1.84. The summed E-state index contributed by atoms with van der Waals surface area (Å²) in [4.78, 5) is 10.9. The summed E-state index contributed by atoms with van der Waals surface area (Å²) in [5.74, 6) is 0.294. The third-order valence-corrected chi connectivity index (χ3v) is 3.06. The third-order valence-electron chi connectivity index (χ3n) is 3.06. The van der Waals surface area contributed by atoms with Gasteiger partial charge in [-0.25, -0.2) is 0 Å². The second-order valence-electron chi connectivity index (χ2n) is 4.49. The lowest BCUT2D eigenvalue weighted by Gasteiger charge is -2.19. The number of allylic oxidation sites excluding steroid dienone is 2. The first-order chi connectivity index (χ1) is 5.43. The topological polar surface area (TPSA) is 17.1 Å². The SMILES string of the molecule is CC(=O)CC1=C(C)C(C)(C)CC1. The van der Waals surface area contributed by atoms with E-state index in [1.807, 2.05) is 0 Å². The Labute approximate surface area is 74.9 Å². The maximum atomic E-state index is 10.9. The fourth-order valence-electron chi connectivity index (χ4n) is 1.84. The summed E-state index contributed by atoms with van der Waals surface area (Å²) >= 11 is 0. The van der Waals surface area contributed by atoms with Gasteiger partial charge in [0, 0.05) is 6.42 Å². The van der Waals surface area contributed by atoms with Gasteiger partial charge in [-0.1, -0.05) is 25.0 Å². The Bertz CT molecular complexity index is 233. The van der Waals surface area contributed by atoms with Gasteiger partial charge >= 0.3 is 0 Å². The van der Waals surface area contributed by atoms with E-state index in [1.54, 1.807) is 6.92 Å². The highest BCUT2D eigenvalue weighted by atomic mass is 16.1. The molecule has 0 aromatic heterocycles. The van der Waals surface area contributed by atoms with Crippen LogP contribution in [-0.2, 0) is 4.79 Å². The first-order valence-corrected chi connectivity index (χ1v) is 4.62. The summed E-state index contributed by atoms with van der Waals surface area (Å²) in [6.45, 7) is 8.36. The van der Waals surface area contributed by atoms with Crippen molar-refractivity contribution in [2.75, 3.05) is 0 Å². The largest absolute Gasteiger partial charge is 0.300 e. The minimum atomic E-state index is 0.294. The highest BCUT2D eigenvalue weighted by molar-refractivity contribution is 5.78. The van der Waals surface area contributed by atoms with E-state index in [1.165, 1.54) is 17.6 Å². The van der Waals surface area contributed by atoms with Crippen LogP contribution < -0.4 is 0 Å². The second kappa shape index (κ2) is 3.04. The predicted molar refractivity (Wildman–Crippen MR) is 51.0 cm³/mol. The van der Waals surface area contributed by atoms with Crippen molar-refractivity contribution in [3.05, 3.63) is 11.1 Å². The highest BCUT2D eigenvalue weighted by Gasteiger charge is 2.29. The van der Waals surface area contributed by atoms with Crippen molar-refractivity contribution in [1.29, 1.82) is 0 Å². The quantitative estimate of drug-likeness (QED) is 0.576. The molecule has 1 aliphatic rings. The molecule has 0 fully saturated rings. The molecule has 68 valence electrons. The van der Waals surface area contributed by atoms with Gasteiger partial charge in [-0.3, -0.25) is 4.79 Å². The molecule has 0 atom stereocenters. The van der Waals surface area contributed by atoms with E-state index in [4.69, 9.17) is 0 Å². The first kappa shape index (κ1) is 9.50. The predicted octanol–water partition coefficient (Wildman–Crippen LogP) is 3.10. The maximum absolute atomic E-state index is 10.9. The summed E-state index contributed by atoms with van der Waals surface area (Å²) in [6.07, 6.45) is 3.01. The molecule has 0 bridgehead atoms. The Kier molecular flexibility index (Phi) is 2.41. The molecular weight excluding hydrogens is 148 g/mol. The molecule has 0 radical (unpaired) electrons.